The number of benzene rings is 2. The number of imide groups is 1. The van der Waals surface area contributed by atoms with Crippen LogP contribution in [-0.2, 0) is 15.8 Å². The number of rotatable bonds is 2. The smallest absolute Gasteiger partial charge is 0.307 e. The molecule has 7 atom stereocenters. The van der Waals surface area contributed by atoms with E-state index in [9.17, 15) is 27.6 Å². The van der Waals surface area contributed by atoms with Crippen LogP contribution in [0.3, 0.4) is 0 Å². The van der Waals surface area contributed by atoms with Crippen LogP contribution in [0.2, 0.25) is 0 Å². The number of aromatic nitrogens is 1. The third kappa shape index (κ3) is 3.39. The molecule has 4 aliphatic rings. The van der Waals surface area contributed by atoms with Gasteiger partial charge in [-0.05, 0) is 60.1 Å². The highest BCUT2D eigenvalue weighted by Crippen LogP contribution is 2.68. The molecule has 37 heavy (non-hydrogen) atoms. The second kappa shape index (κ2) is 8.07. The lowest BCUT2D eigenvalue weighted by atomic mass is 9.68. The summed E-state index contributed by atoms with van der Waals surface area (Å²) in [4.78, 5) is 44.4. The lowest BCUT2D eigenvalue weighted by molar-refractivity contribution is -0.137. The molecule has 0 unspecified atom stereocenters. The molecule has 11 heteroatoms. The lowest BCUT2D eigenvalue weighted by Gasteiger charge is -2.43. The molecule has 2 amide bonds. The van der Waals surface area contributed by atoms with Gasteiger partial charge in [0.2, 0.25) is 11.8 Å². The molecule has 2 saturated carbocycles. The van der Waals surface area contributed by atoms with Crippen molar-refractivity contribution in [2.45, 2.75) is 28.8 Å². The maximum atomic E-state index is 13.7. The number of carbonyl (C=O) groups excluding carboxylic acids is 2. The highest BCUT2D eigenvalue weighted by atomic mass is 79.9. The quantitative estimate of drug-likeness (QED) is 0.369. The molecule has 0 radical (unpaired) electrons. The Balaban J connectivity index is 1.30. The van der Waals surface area contributed by atoms with Gasteiger partial charge in [-0.15, -0.1) is 11.8 Å². The van der Waals surface area contributed by atoms with Crippen LogP contribution in [0.15, 0.2) is 62.8 Å². The highest BCUT2D eigenvalue weighted by Gasteiger charge is 2.69. The van der Waals surface area contributed by atoms with Crippen molar-refractivity contribution in [3.05, 3.63) is 78.7 Å². The van der Waals surface area contributed by atoms with E-state index >= 15 is 0 Å². The standard InChI is InChI=1S/C26H18BrF3N2O3S2/c27-12-6-4-10(5-7-12)16-17-14-9-15(20(17)36-22-21(16)37-25(35)31-22)19-18(14)23(33)32(24(19)34)13-3-1-2-11(8-13)26(28,29)30/h1-8,14-20H,9H2,(H,31,35)/t14-,15-,16-,17-,18+,19-,20+/m0/s1. The third-order valence-electron chi connectivity index (χ3n) is 8.38. The molecule has 5 nitrogen and oxygen atoms in total. The van der Waals surface area contributed by atoms with Crippen LogP contribution >= 0.6 is 39.0 Å². The molecular formula is C26H18BrF3N2O3S2. The van der Waals surface area contributed by atoms with E-state index in [1.54, 1.807) is 11.8 Å². The molecule has 2 aliphatic carbocycles. The molecule has 3 heterocycles. The molecule has 2 bridgehead atoms. The van der Waals surface area contributed by atoms with Crippen molar-refractivity contribution in [2.24, 2.45) is 29.6 Å². The van der Waals surface area contributed by atoms with Crippen LogP contribution in [0.1, 0.15) is 28.3 Å². The second-order valence-corrected chi connectivity index (χ2v) is 13.2. The summed E-state index contributed by atoms with van der Waals surface area (Å²) in [5.74, 6) is -2.19. The lowest BCUT2D eigenvalue weighted by Crippen LogP contribution is -2.42. The van der Waals surface area contributed by atoms with E-state index in [-0.39, 0.29) is 39.5 Å². The van der Waals surface area contributed by atoms with E-state index in [0.717, 1.165) is 43.4 Å². The molecule has 190 valence electrons. The Hall–Kier alpha value is -2.37. The Bertz CT molecular complexity index is 1520. The first kappa shape index (κ1) is 23.7. The molecule has 0 spiro atoms. The molecule has 2 aromatic carbocycles. The van der Waals surface area contributed by atoms with Gasteiger partial charge in [0.15, 0.2) is 0 Å². The number of fused-ring (bicyclic) bond motifs is 9. The molecule has 1 N–H and O–H groups in total. The van der Waals surface area contributed by atoms with E-state index in [1.165, 1.54) is 23.5 Å². The number of hydrogen-bond acceptors (Lipinski definition) is 5. The molecule has 2 aliphatic heterocycles. The Labute approximate surface area is 225 Å². The van der Waals surface area contributed by atoms with Gasteiger partial charge in [-0.25, -0.2) is 0 Å². The summed E-state index contributed by atoms with van der Waals surface area (Å²) in [6.45, 7) is 0. The summed E-state index contributed by atoms with van der Waals surface area (Å²) in [5.41, 5.74) is 0.131. The second-order valence-electron chi connectivity index (χ2n) is 10.1. The van der Waals surface area contributed by atoms with Gasteiger partial charge in [0.05, 0.1) is 28.1 Å². The predicted octanol–water partition coefficient (Wildman–Crippen LogP) is 5.90. The van der Waals surface area contributed by atoms with Crippen LogP contribution in [0.4, 0.5) is 18.9 Å². The summed E-state index contributed by atoms with van der Waals surface area (Å²) in [7, 11) is 0. The van der Waals surface area contributed by atoms with E-state index in [1.807, 2.05) is 24.3 Å². The van der Waals surface area contributed by atoms with Gasteiger partial charge >= 0.3 is 11.0 Å². The normalized spacial score (nSPS) is 32.0. The van der Waals surface area contributed by atoms with Crippen molar-refractivity contribution in [3.8, 4) is 0 Å². The molecule has 3 aromatic rings. The van der Waals surface area contributed by atoms with Gasteiger partial charge in [0, 0.05) is 20.5 Å². The SMILES string of the molecule is O=C1[C@@H]2[C@H]3C[C@H]([C@H]4Sc5[nH]c(=O)sc5[C@@H](c5ccc(Br)cc5)[C@H]34)[C@@H]2C(=O)N1c1cccc(C(F)(F)F)c1. The van der Waals surface area contributed by atoms with Crippen molar-refractivity contribution in [2.75, 3.05) is 4.90 Å². The van der Waals surface area contributed by atoms with Crippen LogP contribution in [-0.4, -0.2) is 22.0 Å². The van der Waals surface area contributed by atoms with E-state index in [4.69, 9.17) is 0 Å². The number of halogens is 4. The van der Waals surface area contributed by atoms with Crippen LogP contribution in [0.25, 0.3) is 0 Å². The van der Waals surface area contributed by atoms with E-state index in [2.05, 4.69) is 20.9 Å². The number of carbonyl (C=O) groups is 2. The van der Waals surface area contributed by atoms with Crippen molar-refractivity contribution in [1.82, 2.24) is 4.98 Å². The number of H-pyrrole nitrogens is 1. The van der Waals surface area contributed by atoms with Gasteiger partial charge in [-0.1, -0.05) is 45.5 Å². The molecule has 7 rings (SSSR count). The first-order chi connectivity index (χ1) is 17.6. The fraction of sp³-hybridized carbons (Fsp3) is 0.346. The summed E-state index contributed by atoms with van der Waals surface area (Å²) in [6.07, 6.45) is -3.85. The number of thiazole rings is 1. The van der Waals surface area contributed by atoms with Crippen molar-refractivity contribution in [1.29, 1.82) is 0 Å². The zero-order chi connectivity index (χ0) is 25.8. The average molecular weight is 607 g/mol. The van der Waals surface area contributed by atoms with Gasteiger partial charge in [-0.3, -0.25) is 19.3 Å². The van der Waals surface area contributed by atoms with Crippen LogP contribution in [0.5, 0.6) is 0 Å². The number of anilines is 1. The van der Waals surface area contributed by atoms with Crippen LogP contribution in [0, 0.1) is 29.6 Å². The minimum Gasteiger partial charge on any atom is -0.307 e. The number of alkyl halides is 3. The largest absolute Gasteiger partial charge is 0.416 e. The highest BCUT2D eigenvalue weighted by molar-refractivity contribution is 9.10. The monoisotopic (exact) mass is 606 g/mol. The number of nitrogens with zero attached hydrogens (tertiary/aromatic N) is 1. The molecule has 1 saturated heterocycles. The number of nitrogens with one attached hydrogen (secondary N) is 1. The maximum Gasteiger partial charge on any atom is 0.416 e. The summed E-state index contributed by atoms with van der Waals surface area (Å²) in [6, 6.07) is 12.4. The number of amides is 2. The summed E-state index contributed by atoms with van der Waals surface area (Å²) < 4.78 is 41.0. The Kier molecular flexibility index (Phi) is 5.17. The number of hydrogen-bond donors (Lipinski definition) is 1. The number of aromatic amines is 1. The zero-order valence-corrected chi connectivity index (χ0v) is 22.1. The van der Waals surface area contributed by atoms with Crippen molar-refractivity contribution >= 4 is 56.5 Å². The zero-order valence-electron chi connectivity index (χ0n) is 18.9. The predicted molar refractivity (Wildman–Crippen MR) is 137 cm³/mol. The molecule has 3 fully saturated rings. The van der Waals surface area contributed by atoms with E-state index < -0.39 is 35.4 Å². The van der Waals surface area contributed by atoms with Crippen molar-refractivity contribution in [3.63, 3.8) is 0 Å². The minimum atomic E-state index is -4.57. The maximum absolute atomic E-state index is 13.7. The van der Waals surface area contributed by atoms with Crippen LogP contribution < -0.4 is 9.77 Å². The van der Waals surface area contributed by atoms with Gasteiger partial charge in [0.25, 0.3) is 0 Å². The Morgan fingerprint density at radius 3 is 2.38 bits per heavy atom. The fourth-order valence-corrected chi connectivity index (χ4v) is 10.3. The summed E-state index contributed by atoms with van der Waals surface area (Å²) >= 11 is 6.25. The first-order valence-corrected chi connectivity index (χ1v) is 14.3. The van der Waals surface area contributed by atoms with E-state index in [0.29, 0.717) is 0 Å². The topological polar surface area (TPSA) is 70.2 Å². The molecule has 1 aromatic heterocycles. The van der Waals surface area contributed by atoms with Gasteiger partial charge in [0.1, 0.15) is 0 Å². The minimum absolute atomic E-state index is 0.0239. The summed E-state index contributed by atoms with van der Waals surface area (Å²) in [5, 5.41) is 0.843. The first-order valence-electron chi connectivity index (χ1n) is 11.8. The average Bonchev–Trinajstić information content (AvgIpc) is 3.58. The number of thioether (sulfide) groups is 1. The fourth-order valence-electron chi connectivity index (χ4n) is 7.14. The van der Waals surface area contributed by atoms with Crippen molar-refractivity contribution < 1.29 is 22.8 Å². The Morgan fingerprint density at radius 2 is 1.68 bits per heavy atom. The third-order valence-corrected chi connectivity index (χ3v) is 11.5. The molecular weight excluding hydrogens is 589 g/mol. The van der Waals surface area contributed by atoms with Gasteiger partial charge in [-0.2, -0.15) is 13.2 Å². The van der Waals surface area contributed by atoms with Gasteiger partial charge < -0.3 is 4.98 Å². The Morgan fingerprint density at radius 1 is 0.973 bits per heavy atom.